The molecule has 1 amide bonds. The largest absolute Gasteiger partial charge is 0.390 e. The van der Waals surface area contributed by atoms with Crippen molar-refractivity contribution in [2.75, 3.05) is 5.32 Å². The van der Waals surface area contributed by atoms with E-state index in [2.05, 4.69) is 20.6 Å². The first-order valence-corrected chi connectivity index (χ1v) is 11.5. The lowest BCUT2D eigenvalue weighted by Crippen LogP contribution is -2.53. The van der Waals surface area contributed by atoms with Crippen molar-refractivity contribution in [3.8, 4) is 0 Å². The van der Waals surface area contributed by atoms with Crippen LogP contribution in [0.5, 0.6) is 0 Å². The van der Waals surface area contributed by atoms with E-state index in [1.54, 1.807) is 12.4 Å². The van der Waals surface area contributed by atoms with E-state index in [9.17, 15) is 15.0 Å². The van der Waals surface area contributed by atoms with E-state index in [0.717, 1.165) is 22.0 Å². The summed E-state index contributed by atoms with van der Waals surface area (Å²) in [5, 5.41) is 29.9. The first kappa shape index (κ1) is 20.9. The first-order valence-electron chi connectivity index (χ1n) is 10.6. The van der Waals surface area contributed by atoms with Crippen molar-refractivity contribution in [3.05, 3.63) is 72.6 Å². The number of amidine groups is 1. The standard InChI is InChI=1S/C24H24N4O3S/c29-19-11-17(23(31)26-13-14-5-4-10-25-12-14)22-20(21(19)30)28-24(32-22)27-18-9-3-7-15-6-1-2-8-16(15)18/h1-10,12,17,19-22,29-30H,11,13H2,(H,26,31)(H,27,28)/t17-,19+,20+,21-,22+/m0/s1. The summed E-state index contributed by atoms with van der Waals surface area (Å²) in [7, 11) is 0. The number of aliphatic imine (C=N–C) groups is 1. The fourth-order valence-electron chi connectivity index (χ4n) is 4.38. The summed E-state index contributed by atoms with van der Waals surface area (Å²) in [5.41, 5.74) is 1.82. The third kappa shape index (κ3) is 4.09. The number of nitrogens with zero attached hydrogens (tertiary/aromatic N) is 2. The second kappa shape index (κ2) is 8.90. The van der Waals surface area contributed by atoms with E-state index in [4.69, 9.17) is 0 Å². The molecule has 32 heavy (non-hydrogen) atoms. The van der Waals surface area contributed by atoms with Gasteiger partial charge in [-0.25, -0.2) is 0 Å². The highest BCUT2D eigenvalue weighted by Crippen LogP contribution is 2.42. The molecule has 0 spiro atoms. The first-order chi connectivity index (χ1) is 15.6. The number of anilines is 1. The maximum Gasteiger partial charge on any atom is 0.224 e. The Bertz CT molecular complexity index is 1150. The van der Waals surface area contributed by atoms with Crippen molar-refractivity contribution in [2.45, 2.75) is 36.5 Å². The Hall–Kier alpha value is -2.94. The molecule has 0 radical (unpaired) electrons. The number of aromatic nitrogens is 1. The average molecular weight is 449 g/mol. The van der Waals surface area contributed by atoms with Gasteiger partial charge >= 0.3 is 0 Å². The Morgan fingerprint density at radius 2 is 1.94 bits per heavy atom. The summed E-state index contributed by atoms with van der Waals surface area (Å²) < 4.78 is 0. The lowest BCUT2D eigenvalue weighted by molar-refractivity contribution is -0.129. The summed E-state index contributed by atoms with van der Waals surface area (Å²) in [6.45, 7) is 0.367. The van der Waals surface area contributed by atoms with Crippen LogP contribution in [-0.2, 0) is 11.3 Å². The smallest absolute Gasteiger partial charge is 0.224 e. The van der Waals surface area contributed by atoms with Crippen LogP contribution in [0, 0.1) is 5.92 Å². The molecule has 1 aromatic heterocycles. The molecule has 1 aliphatic heterocycles. The zero-order valence-corrected chi connectivity index (χ0v) is 18.1. The molecule has 1 fully saturated rings. The highest BCUT2D eigenvalue weighted by Gasteiger charge is 2.50. The Morgan fingerprint density at radius 3 is 2.78 bits per heavy atom. The number of carbonyl (C=O) groups excluding carboxylic acids is 1. The molecule has 5 atom stereocenters. The molecule has 5 rings (SSSR count). The molecular weight excluding hydrogens is 424 g/mol. The molecule has 3 aromatic rings. The summed E-state index contributed by atoms with van der Waals surface area (Å²) in [4.78, 5) is 21.7. The van der Waals surface area contributed by atoms with Gasteiger partial charge in [-0.05, 0) is 29.5 Å². The number of amides is 1. The van der Waals surface area contributed by atoms with Crippen molar-refractivity contribution in [2.24, 2.45) is 10.9 Å². The number of hydrogen-bond donors (Lipinski definition) is 4. The number of fused-ring (bicyclic) bond motifs is 2. The van der Waals surface area contributed by atoms with Gasteiger partial charge in [0.05, 0.1) is 18.1 Å². The molecule has 0 unspecified atom stereocenters. The van der Waals surface area contributed by atoms with E-state index in [0.29, 0.717) is 11.7 Å². The van der Waals surface area contributed by atoms with Crippen LogP contribution in [0.25, 0.3) is 10.8 Å². The molecule has 7 nitrogen and oxygen atoms in total. The molecule has 1 saturated carbocycles. The zero-order chi connectivity index (χ0) is 22.1. The van der Waals surface area contributed by atoms with Crippen molar-refractivity contribution in [1.82, 2.24) is 10.3 Å². The van der Waals surface area contributed by atoms with Crippen LogP contribution in [0.1, 0.15) is 12.0 Å². The van der Waals surface area contributed by atoms with Gasteiger partial charge in [0.25, 0.3) is 0 Å². The van der Waals surface area contributed by atoms with Gasteiger partial charge in [0.2, 0.25) is 5.91 Å². The van der Waals surface area contributed by atoms with Crippen LogP contribution in [0.4, 0.5) is 5.69 Å². The number of rotatable bonds is 4. The minimum atomic E-state index is -0.998. The third-order valence-corrected chi connectivity index (χ3v) is 7.35. The number of aliphatic hydroxyl groups excluding tert-OH is 2. The molecule has 4 N–H and O–H groups in total. The molecule has 164 valence electrons. The molecular formula is C24H24N4O3S. The van der Waals surface area contributed by atoms with Crippen LogP contribution >= 0.6 is 11.8 Å². The van der Waals surface area contributed by atoms with E-state index in [-0.39, 0.29) is 17.6 Å². The van der Waals surface area contributed by atoms with Gasteiger partial charge in [0.1, 0.15) is 6.10 Å². The fraction of sp³-hybridized carbons (Fsp3) is 0.292. The van der Waals surface area contributed by atoms with Gasteiger partial charge in [0, 0.05) is 35.3 Å². The average Bonchev–Trinajstić information content (AvgIpc) is 3.25. The number of hydrogen-bond acceptors (Lipinski definition) is 7. The number of benzene rings is 2. The zero-order valence-electron chi connectivity index (χ0n) is 17.3. The van der Waals surface area contributed by atoms with Gasteiger partial charge in [-0.3, -0.25) is 14.8 Å². The van der Waals surface area contributed by atoms with Crippen LogP contribution in [0.2, 0.25) is 0 Å². The SMILES string of the molecule is O=C(NCc1cccnc1)[C@H]1C[C@@H](O)[C@H](O)[C@H]2N=C(Nc3cccc4ccccc34)S[C@@H]21. The van der Waals surface area contributed by atoms with E-state index in [1.165, 1.54) is 11.8 Å². The lowest BCUT2D eigenvalue weighted by Gasteiger charge is -2.37. The maximum absolute atomic E-state index is 13.0. The van der Waals surface area contributed by atoms with E-state index in [1.807, 2.05) is 54.6 Å². The van der Waals surface area contributed by atoms with E-state index >= 15 is 0 Å². The number of nitrogens with one attached hydrogen (secondary N) is 2. The highest BCUT2D eigenvalue weighted by molar-refractivity contribution is 8.15. The molecule has 8 heteroatoms. The van der Waals surface area contributed by atoms with Crippen molar-refractivity contribution < 1.29 is 15.0 Å². The predicted octanol–water partition coefficient (Wildman–Crippen LogP) is 2.54. The van der Waals surface area contributed by atoms with Crippen molar-refractivity contribution in [3.63, 3.8) is 0 Å². The van der Waals surface area contributed by atoms with Crippen LogP contribution in [0.15, 0.2) is 72.0 Å². The molecule has 0 bridgehead atoms. The minimum absolute atomic E-state index is 0.149. The van der Waals surface area contributed by atoms with Crippen molar-refractivity contribution in [1.29, 1.82) is 0 Å². The van der Waals surface area contributed by atoms with Gasteiger partial charge in [-0.15, -0.1) is 0 Å². The number of aliphatic hydroxyl groups is 2. The summed E-state index contributed by atoms with van der Waals surface area (Å²) in [6, 6.07) is 17.3. The van der Waals surface area contributed by atoms with Crippen molar-refractivity contribution >= 4 is 39.3 Å². The number of thioether (sulfide) groups is 1. The Kier molecular flexibility index (Phi) is 5.82. The van der Waals surface area contributed by atoms with Crippen LogP contribution in [0.3, 0.4) is 0 Å². The lowest BCUT2D eigenvalue weighted by atomic mass is 9.81. The Balaban J connectivity index is 1.33. The molecule has 1 aliphatic carbocycles. The van der Waals surface area contributed by atoms with Crippen LogP contribution in [-0.4, -0.2) is 49.8 Å². The van der Waals surface area contributed by atoms with Gasteiger partial charge < -0.3 is 20.8 Å². The van der Waals surface area contributed by atoms with Crippen LogP contribution < -0.4 is 10.6 Å². The predicted molar refractivity (Wildman–Crippen MR) is 126 cm³/mol. The third-order valence-electron chi connectivity index (χ3n) is 6.04. The monoisotopic (exact) mass is 448 g/mol. The second-order valence-electron chi connectivity index (χ2n) is 8.14. The molecule has 2 aliphatic rings. The Labute approximate surface area is 190 Å². The summed E-state index contributed by atoms with van der Waals surface area (Å²) >= 11 is 1.46. The molecule has 0 saturated heterocycles. The quantitative estimate of drug-likeness (QED) is 0.489. The summed E-state index contributed by atoms with van der Waals surface area (Å²) in [6.07, 6.45) is 1.60. The minimum Gasteiger partial charge on any atom is -0.390 e. The molecule has 2 aromatic carbocycles. The second-order valence-corrected chi connectivity index (χ2v) is 9.30. The van der Waals surface area contributed by atoms with Gasteiger partial charge in [-0.2, -0.15) is 0 Å². The van der Waals surface area contributed by atoms with Gasteiger partial charge in [-0.1, -0.05) is 54.2 Å². The van der Waals surface area contributed by atoms with E-state index < -0.39 is 24.2 Å². The highest BCUT2D eigenvalue weighted by atomic mass is 32.2. The number of carbonyl (C=O) groups is 1. The maximum atomic E-state index is 13.0. The fourth-order valence-corrected chi connectivity index (χ4v) is 5.75. The van der Waals surface area contributed by atoms with Gasteiger partial charge in [0.15, 0.2) is 5.17 Å². The number of pyridine rings is 1. The Morgan fingerprint density at radius 1 is 1.09 bits per heavy atom. The summed E-state index contributed by atoms with van der Waals surface area (Å²) in [5.74, 6) is -0.612. The topological polar surface area (TPSA) is 107 Å². The molecule has 2 heterocycles. The normalized spacial score (nSPS) is 26.9.